The van der Waals surface area contributed by atoms with E-state index in [1.165, 1.54) is 10.9 Å². The van der Waals surface area contributed by atoms with Crippen molar-refractivity contribution in [1.29, 1.82) is 0 Å². The van der Waals surface area contributed by atoms with Gasteiger partial charge in [0, 0.05) is 25.7 Å². The Kier molecular flexibility index (Phi) is 5.02. The monoisotopic (exact) mass is 342 g/mol. The Morgan fingerprint density at radius 1 is 1.12 bits per heavy atom. The lowest BCUT2D eigenvalue weighted by Gasteiger charge is -2.27. The summed E-state index contributed by atoms with van der Waals surface area (Å²) in [6, 6.07) is 6.79. The molecule has 1 N–H and O–H groups in total. The number of likely N-dealkylation sites (tertiary alicyclic amines) is 1. The number of nitrogens with one attached hydrogen (secondary N) is 1. The molecule has 0 atom stereocenters. The zero-order valence-electron chi connectivity index (χ0n) is 14.5. The van der Waals surface area contributed by atoms with Gasteiger partial charge >= 0.3 is 0 Å². The summed E-state index contributed by atoms with van der Waals surface area (Å²) < 4.78 is 6.61. The standard InChI is InChI=1S/C18H22N4O3/c1-21-16(18(24)22-10-4-3-5-11-22)15(12-19-21)20-17(23)13-6-8-14(25-2)9-7-13/h6-9,12H,3-5,10-11H2,1-2H3,(H,20,23). The number of amides is 2. The third-order valence-corrected chi connectivity index (χ3v) is 4.39. The van der Waals surface area contributed by atoms with Crippen LogP contribution in [0.15, 0.2) is 30.5 Å². The molecule has 25 heavy (non-hydrogen) atoms. The predicted molar refractivity (Wildman–Crippen MR) is 93.9 cm³/mol. The fourth-order valence-corrected chi connectivity index (χ4v) is 2.97. The van der Waals surface area contributed by atoms with Gasteiger partial charge in [0.25, 0.3) is 11.8 Å². The molecule has 0 radical (unpaired) electrons. The Labute approximate surface area is 146 Å². The van der Waals surface area contributed by atoms with Gasteiger partial charge in [0.05, 0.1) is 19.0 Å². The van der Waals surface area contributed by atoms with E-state index in [4.69, 9.17) is 4.74 Å². The van der Waals surface area contributed by atoms with E-state index in [0.29, 0.717) is 22.7 Å². The lowest BCUT2D eigenvalue weighted by molar-refractivity contribution is 0.0714. The molecule has 0 unspecified atom stereocenters. The zero-order chi connectivity index (χ0) is 17.8. The fraction of sp³-hybridized carbons (Fsp3) is 0.389. The Morgan fingerprint density at radius 2 is 1.80 bits per heavy atom. The van der Waals surface area contributed by atoms with Crippen LogP contribution in [-0.4, -0.2) is 46.7 Å². The van der Waals surface area contributed by atoms with Crippen molar-refractivity contribution < 1.29 is 14.3 Å². The summed E-state index contributed by atoms with van der Waals surface area (Å²) in [5.74, 6) is 0.298. The van der Waals surface area contributed by atoms with Gasteiger partial charge in [-0.15, -0.1) is 0 Å². The van der Waals surface area contributed by atoms with Gasteiger partial charge in [-0.2, -0.15) is 5.10 Å². The van der Waals surface area contributed by atoms with Gasteiger partial charge in [0.15, 0.2) is 0 Å². The van der Waals surface area contributed by atoms with Crippen molar-refractivity contribution in [3.8, 4) is 5.75 Å². The summed E-state index contributed by atoms with van der Waals surface area (Å²) in [5, 5.41) is 6.94. The predicted octanol–water partition coefficient (Wildman–Crippen LogP) is 2.31. The molecule has 2 heterocycles. The van der Waals surface area contributed by atoms with Gasteiger partial charge in [-0.25, -0.2) is 0 Å². The highest BCUT2D eigenvalue weighted by atomic mass is 16.5. The summed E-state index contributed by atoms with van der Waals surface area (Å²) in [7, 11) is 3.28. The molecule has 132 valence electrons. The molecule has 1 aromatic carbocycles. The molecule has 0 saturated carbocycles. The second kappa shape index (κ2) is 7.38. The SMILES string of the molecule is COc1ccc(C(=O)Nc2cnn(C)c2C(=O)N2CCCCC2)cc1. The van der Waals surface area contributed by atoms with Crippen LogP contribution in [0.3, 0.4) is 0 Å². The first-order valence-electron chi connectivity index (χ1n) is 8.37. The minimum atomic E-state index is -0.289. The summed E-state index contributed by atoms with van der Waals surface area (Å²) in [6.45, 7) is 1.49. The van der Waals surface area contributed by atoms with E-state index in [1.807, 2.05) is 4.90 Å². The Bertz CT molecular complexity index is 761. The second-order valence-corrected chi connectivity index (χ2v) is 6.07. The van der Waals surface area contributed by atoms with Crippen LogP contribution in [0.25, 0.3) is 0 Å². The number of benzene rings is 1. The third kappa shape index (κ3) is 3.65. The summed E-state index contributed by atoms with van der Waals surface area (Å²) in [5.41, 5.74) is 1.32. The molecule has 2 amide bonds. The largest absolute Gasteiger partial charge is 0.497 e. The van der Waals surface area contributed by atoms with Crippen molar-refractivity contribution >= 4 is 17.5 Å². The average Bonchev–Trinajstić information content (AvgIpc) is 3.02. The van der Waals surface area contributed by atoms with E-state index in [1.54, 1.807) is 38.4 Å². The van der Waals surface area contributed by atoms with Crippen molar-refractivity contribution in [3.63, 3.8) is 0 Å². The fourth-order valence-electron chi connectivity index (χ4n) is 2.97. The highest BCUT2D eigenvalue weighted by molar-refractivity contribution is 6.08. The number of anilines is 1. The van der Waals surface area contributed by atoms with E-state index in [0.717, 1.165) is 32.4 Å². The molecule has 2 aromatic rings. The van der Waals surface area contributed by atoms with Crippen LogP contribution in [0, 0.1) is 0 Å². The number of carbonyl (C=O) groups excluding carboxylic acids is 2. The molecule has 1 fully saturated rings. The number of hydrogen-bond donors (Lipinski definition) is 1. The molecule has 0 bridgehead atoms. The normalized spacial score (nSPS) is 14.2. The lowest BCUT2D eigenvalue weighted by atomic mass is 10.1. The first-order chi connectivity index (χ1) is 12.1. The van der Waals surface area contributed by atoms with E-state index >= 15 is 0 Å². The molecule has 1 saturated heterocycles. The van der Waals surface area contributed by atoms with Crippen LogP contribution >= 0.6 is 0 Å². The Balaban J connectivity index is 1.78. The van der Waals surface area contributed by atoms with Crippen molar-refractivity contribution in [2.45, 2.75) is 19.3 Å². The number of ether oxygens (including phenoxy) is 1. The molecule has 1 aliphatic rings. The van der Waals surface area contributed by atoms with Crippen molar-refractivity contribution in [2.75, 3.05) is 25.5 Å². The van der Waals surface area contributed by atoms with Crippen LogP contribution in [0.4, 0.5) is 5.69 Å². The first-order valence-corrected chi connectivity index (χ1v) is 8.37. The Hall–Kier alpha value is -2.83. The van der Waals surface area contributed by atoms with Gasteiger partial charge in [-0.05, 0) is 43.5 Å². The maximum absolute atomic E-state index is 12.8. The van der Waals surface area contributed by atoms with E-state index in [2.05, 4.69) is 10.4 Å². The minimum absolute atomic E-state index is 0.0928. The Morgan fingerprint density at radius 3 is 2.44 bits per heavy atom. The number of rotatable bonds is 4. The number of aromatic nitrogens is 2. The van der Waals surface area contributed by atoms with E-state index < -0.39 is 0 Å². The van der Waals surface area contributed by atoms with Crippen molar-refractivity contribution in [1.82, 2.24) is 14.7 Å². The molecular formula is C18H22N4O3. The summed E-state index contributed by atoms with van der Waals surface area (Å²) in [4.78, 5) is 27.1. The van der Waals surface area contributed by atoms with Crippen LogP contribution in [-0.2, 0) is 7.05 Å². The maximum Gasteiger partial charge on any atom is 0.274 e. The van der Waals surface area contributed by atoms with Crippen LogP contribution in [0.2, 0.25) is 0 Å². The smallest absolute Gasteiger partial charge is 0.274 e. The van der Waals surface area contributed by atoms with Crippen LogP contribution in [0.5, 0.6) is 5.75 Å². The molecular weight excluding hydrogens is 320 g/mol. The highest BCUT2D eigenvalue weighted by Gasteiger charge is 2.25. The zero-order valence-corrected chi connectivity index (χ0v) is 14.5. The second-order valence-electron chi connectivity index (χ2n) is 6.07. The number of piperidine rings is 1. The molecule has 0 spiro atoms. The lowest BCUT2D eigenvalue weighted by Crippen LogP contribution is -2.37. The summed E-state index contributed by atoms with van der Waals surface area (Å²) >= 11 is 0. The van der Waals surface area contributed by atoms with Gasteiger partial charge in [0.2, 0.25) is 0 Å². The molecule has 7 heteroatoms. The van der Waals surface area contributed by atoms with Crippen molar-refractivity contribution in [2.24, 2.45) is 7.05 Å². The highest BCUT2D eigenvalue weighted by Crippen LogP contribution is 2.20. The van der Waals surface area contributed by atoms with Crippen LogP contribution < -0.4 is 10.1 Å². The average molecular weight is 342 g/mol. The van der Waals surface area contributed by atoms with Gasteiger partial charge in [-0.3, -0.25) is 14.3 Å². The first kappa shape index (κ1) is 17.0. The number of nitrogens with zero attached hydrogens (tertiary/aromatic N) is 3. The molecule has 1 aliphatic heterocycles. The third-order valence-electron chi connectivity index (χ3n) is 4.39. The minimum Gasteiger partial charge on any atom is -0.497 e. The molecule has 0 aliphatic carbocycles. The van der Waals surface area contributed by atoms with Crippen molar-refractivity contribution in [3.05, 3.63) is 41.7 Å². The maximum atomic E-state index is 12.8. The van der Waals surface area contributed by atoms with E-state index in [9.17, 15) is 9.59 Å². The van der Waals surface area contributed by atoms with Crippen LogP contribution in [0.1, 0.15) is 40.1 Å². The van der Waals surface area contributed by atoms with Gasteiger partial charge in [0.1, 0.15) is 11.4 Å². The quantitative estimate of drug-likeness (QED) is 0.925. The molecule has 7 nitrogen and oxygen atoms in total. The topological polar surface area (TPSA) is 76.5 Å². The molecule has 1 aromatic heterocycles. The number of methoxy groups -OCH3 is 1. The number of carbonyl (C=O) groups is 2. The van der Waals surface area contributed by atoms with E-state index in [-0.39, 0.29) is 11.8 Å². The summed E-state index contributed by atoms with van der Waals surface area (Å²) in [6.07, 6.45) is 4.68. The van der Waals surface area contributed by atoms with Gasteiger partial charge < -0.3 is 15.0 Å². The van der Waals surface area contributed by atoms with Gasteiger partial charge in [-0.1, -0.05) is 0 Å². The number of hydrogen-bond acceptors (Lipinski definition) is 4. The number of aryl methyl sites for hydroxylation is 1. The molecule has 3 rings (SSSR count).